The minimum atomic E-state index is -0.632. The van der Waals surface area contributed by atoms with Gasteiger partial charge in [0.2, 0.25) is 6.23 Å². The quantitative estimate of drug-likeness (QED) is 0.522. The van der Waals surface area contributed by atoms with E-state index in [4.69, 9.17) is 4.74 Å². The third kappa shape index (κ3) is 2.05. The molecule has 0 aliphatic carbocycles. The standard InChI is InChI=1S/C13H9N3O4/c17-13-10-4-2-1-3-9(10)12(20-13)15-11-6-5-8(7-14-11)16(18)19/h1-7,12H,(H,14,15)/t12-/m1/s1. The normalized spacial score (nSPS) is 16.4. The van der Waals surface area contributed by atoms with Crippen molar-refractivity contribution in [2.75, 3.05) is 5.32 Å². The summed E-state index contributed by atoms with van der Waals surface area (Å²) in [4.78, 5) is 25.6. The summed E-state index contributed by atoms with van der Waals surface area (Å²) in [6.07, 6.45) is 0.512. The zero-order valence-corrected chi connectivity index (χ0v) is 10.1. The maximum Gasteiger partial charge on any atom is 0.340 e. The van der Waals surface area contributed by atoms with Crippen molar-refractivity contribution in [3.8, 4) is 0 Å². The molecule has 2 aromatic rings. The van der Waals surface area contributed by atoms with E-state index in [-0.39, 0.29) is 5.69 Å². The minimum Gasteiger partial charge on any atom is -0.434 e. The van der Waals surface area contributed by atoms with Crippen LogP contribution in [-0.2, 0) is 4.74 Å². The molecule has 0 saturated heterocycles. The molecule has 1 aromatic heterocycles. The van der Waals surface area contributed by atoms with Crippen LogP contribution < -0.4 is 5.32 Å². The number of fused-ring (bicyclic) bond motifs is 1. The summed E-state index contributed by atoms with van der Waals surface area (Å²) >= 11 is 0. The summed E-state index contributed by atoms with van der Waals surface area (Å²) in [5.41, 5.74) is 1.13. The third-order valence-corrected chi connectivity index (χ3v) is 2.93. The average Bonchev–Trinajstić information content (AvgIpc) is 2.77. The highest BCUT2D eigenvalue weighted by Gasteiger charge is 2.30. The highest BCUT2D eigenvalue weighted by Crippen LogP contribution is 2.30. The molecule has 0 amide bonds. The Morgan fingerprint density at radius 3 is 2.75 bits per heavy atom. The van der Waals surface area contributed by atoms with Crippen LogP contribution in [0.1, 0.15) is 22.1 Å². The van der Waals surface area contributed by atoms with Gasteiger partial charge in [-0.3, -0.25) is 10.1 Å². The summed E-state index contributed by atoms with van der Waals surface area (Å²) < 4.78 is 5.19. The Labute approximate surface area is 113 Å². The van der Waals surface area contributed by atoms with Crippen LogP contribution in [0.25, 0.3) is 0 Å². The van der Waals surface area contributed by atoms with Crippen molar-refractivity contribution in [1.29, 1.82) is 0 Å². The first-order valence-electron chi connectivity index (χ1n) is 5.82. The van der Waals surface area contributed by atoms with Gasteiger partial charge in [-0.1, -0.05) is 18.2 Å². The predicted molar refractivity (Wildman–Crippen MR) is 69.1 cm³/mol. The number of anilines is 1. The molecule has 0 radical (unpaired) electrons. The highest BCUT2D eigenvalue weighted by molar-refractivity contribution is 5.94. The molecule has 0 fully saturated rings. The Balaban J connectivity index is 1.82. The van der Waals surface area contributed by atoms with Gasteiger partial charge in [-0.15, -0.1) is 0 Å². The van der Waals surface area contributed by atoms with Crippen molar-refractivity contribution < 1.29 is 14.5 Å². The Morgan fingerprint density at radius 2 is 2.05 bits per heavy atom. The van der Waals surface area contributed by atoms with Crippen LogP contribution in [0.2, 0.25) is 0 Å². The van der Waals surface area contributed by atoms with Crippen molar-refractivity contribution >= 4 is 17.5 Å². The van der Waals surface area contributed by atoms with E-state index >= 15 is 0 Å². The van der Waals surface area contributed by atoms with Gasteiger partial charge in [0, 0.05) is 11.6 Å². The number of hydrogen-bond acceptors (Lipinski definition) is 6. The zero-order chi connectivity index (χ0) is 14.1. The van der Waals surface area contributed by atoms with Crippen molar-refractivity contribution in [3.63, 3.8) is 0 Å². The number of carbonyl (C=O) groups is 1. The zero-order valence-electron chi connectivity index (χ0n) is 10.1. The molecule has 3 rings (SSSR count). The van der Waals surface area contributed by atoms with E-state index in [0.717, 1.165) is 11.8 Å². The first-order chi connectivity index (χ1) is 9.65. The molecule has 0 unspecified atom stereocenters. The lowest BCUT2D eigenvalue weighted by Crippen LogP contribution is -2.11. The molecule has 7 heteroatoms. The van der Waals surface area contributed by atoms with E-state index in [1.807, 2.05) is 0 Å². The number of benzene rings is 1. The number of aromatic nitrogens is 1. The van der Waals surface area contributed by atoms with Crippen molar-refractivity contribution in [2.24, 2.45) is 0 Å². The molecule has 0 bridgehead atoms. The molecule has 1 aliphatic rings. The summed E-state index contributed by atoms with van der Waals surface area (Å²) in [5.74, 6) is -0.00915. The molecule has 7 nitrogen and oxygen atoms in total. The van der Waals surface area contributed by atoms with Crippen molar-refractivity contribution in [1.82, 2.24) is 4.98 Å². The van der Waals surface area contributed by atoms with Crippen molar-refractivity contribution in [2.45, 2.75) is 6.23 Å². The number of cyclic esters (lactones) is 1. The molecular formula is C13H9N3O4. The van der Waals surface area contributed by atoms with Crippen LogP contribution in [0, 0.1) is 10.1 Å². The van der Waals surface area contributed by atoms with E-state index in [1.165, 1.54) is 12.1 Å². The Bertz CT molecular complexity index is 684. The molecule has 100 valence electrons. The Morgan fingerprint density at radius 1 is 1.25 bits per heavy atom. The van der Waals surface area contributed by atoms with Gasteiger partial charge in [0.15, 0.2) is 0 Å². The first-order valence-corrected chi connectivity index (χ1v) is 5.82. The second-order valence-electron chi connectivity index (χ2n) is 4.18. The number of hydrogen-bond donors (Lipinski definition) is 1. The van der Waals surface area contributed by atoms with Gasteiger partial charge in [0.05, 0.1) is 10.5 Å². The number of carbonyl (C=O) groups excluding carboxylic acids is 1. The monoisotopic (exact) mass is 271 g/mol. The van der Waals surface area contributed by atoms with Crippen LogP contribution in [-0.4, -0.2) is 15.9 Å². The van der Waals surface area contributed by atoms with Gasteiger partial charge < -0.3 is 10.1 Å². The van der Waals surface area contributed by atoms with E-state index in [9.17, 15) is 14.9 Å². The van der Waals surface area contributed by atoms with Gasteiger partial charge in [0.25, 0.3) is 5.69 Å². The number of ether oxygens (including phenoxy) is 1. The SMILES string of the molecule is O=C1O[C@@H](Nc2ccc([N+](=O)[O-])cn2)c2ccccc21. The Hall–Kier alpha value is -2.96. The molecule has 1 N–H and O–H groups in total. The maximum atomic E-state index is 11.6. The van der Waals surface area contributed by atoms with E-state index < -0.39 is 17.1 Å². The lowest BCUT2D eigenvalue weighted by molar-refractivity contribution is -0.385. The molecule has 2 heterocycles. The van der Waals surface area contributed by atoms with E-state index in [1.54, 1.807) is 24.3 Å². The molecule has 0 saturated carbocycles. The number of esters is 1. The van der Waals surface area contributed by atoms with Gasteiger partial charge in [-0.25, -0.2) is 9.78 Å². The van der Waals surface area contributed by atoms with Gasteiger partial charge >= 0.3 is 5.97 Å². The smallest absolute Gasteiger partial charge is 0.340 e. The molecule has 0 spiro atoms. The largest absolute Gasteiger partial charge is 0.434 e. The molecule has 1 aliphatic heterocycles. The summed E-state index contributed by atoms with van der Waals surface area (Å²) in [6.45, 7) is 0. The first kappa shape index (κ1) is 12.1. The number of rotatable bonds is 3. The minimum absolute atomic E-state index is 0.0978. The van der Waals surface area contributed by atoms with E-state index in [2.05, 4.69) is 10.3 Å². The summed E-state index contributed by atoms with van der Waals surface area (Å²) in [7, 11) is 0. The number of nitro groups is 1. The lowest BCUT2D eigenvalue weighted by atomic mass is 10.1. The summed E-state index contributed by atoms with van der Waals surface area (Å²) in [6, 6.07) is 9.82. The second kappa shape index (κ2) is 4.61. The summed E-state index contributed by atoms with van der Waals surface area (Å²) in [5, 5.41) is 13.5. The van der Waals surface area contributed by atoms with Crippen LogP contribution in [0.5, 0.6) is 0 Å². The second-order valence-corrected chi connectivity index (χ2v) is 4.18. The van der Waals surface area contributed by atoms with Gasteiger partial charge in [0.1, 0.15) is 12.0 Å². The van der Waals surface area contributed by atoms with E-state index in [0.29, 0.717) is 11.4 Å². The van der Waals surface area contributed by atoms with Gasteiger partial charge in [-0.05, 0) is 12.1 Å². The van der Waals surface area contributed by atoms with Crippen LogP contribution >= 0.6 is 0 Å². The van der Waals surface area contributed by atoms with Gasteiger partial charge in [-0.2, -0.15) is 0 Å². The maximum absolute atomic E-state index is 11.6. The number of nitrogens with zero attached hydrogens (tertiary/aromatic N) is 2. The van der Waals surface area contributed by atoms with Crippen LogP contribution in [0.3, 0.4) is 0 Å². The lowest BCUT2D eigenvalue weighted by Gasteiger charge is -2.13. The topological polar surface area (TPSA) is 94.4 Å². The van der Waals surface area contributed by atoms with Crippen molar-refractivity contribution in [3.05, 3.63) is 63.8 Å². The fourth-order valence-electron chi connectivity index (χ4n) is 1.97. The predicted octanol–water partition coefficient (Wildman–Crippen LogP) is 2.27. The molecule has 20 heavy (non-hydrogen) atoms. The highest BCUT2D eigenvalue weighted by atomic mass is 16.6. The fraction of sp³-hybridized carbons (Fsp3) is 0.0769. The molecular weight excluding hydrogens is 262 g/mol. The molecule has 1 aromatic carbocycles. The number of pyridine rings is 1. The molecule has 1 atom stereocenters. The Kier molecular flexibility index (Phi) is 2.79. The third-order valence-electron chi connectivity index (χ3n) is 2.93. The average molecular weight is 271 g/mol. The van der Waals surface area contributed by atoms with Crippen LogP contribution in [0.15, 0.2) is 42.6 Å². The fourth-order valence-corrected chi connectivity index (χ4v) is 1.97. The van der Waals surface area contributed by atoms with Crippen LogP contribution in [0.4, 0.5) is 11.5 Å². The number of nitrogens with one attached hydrogen (secondary N) is 1.